The van der Waals surface area contributed by atoms with Gasteiger partial charge >= 0.3 is 0 Å². The summed E-state index contributed by atoms with van der Waals surface area (Å²) in [5, 5.41) is 47.5. The van der Waals surface area contributed by atoms with Crippen molar-refractivity contribution in [2.75, 3.05) is 7.11 Å². The van der Waals surface area contributed by atoms with E-state index in [1.807, 2.05) is 48.5 Å². The second kappa shape index (κ2) is 11.8. The molecular weight excluding hydrogens is 568 g/mol. The molecule has 0 saturated heterocycles. The first kappa shape index (κ1) is 28.9. The SMILES string of the molecule is CO.Oc1ccc([S+](c2ccc(O)cc2)c2ccc3c(c2)C(c2ccc(O)cc2)(c2ccc(O)cc2)c2ccccc2-3)cc1. The molecule has 218 valence electrons. The summed E-state index contributed by atoms with van der Waals surface area (Å²) in [6, 6.07) is 44.4. The maximum atomic E-state index is 10.2. The largest absolute Gasteiger partial charge is 0.508 e. The molecule has 0 saturated carbocycles. The lowest BCUT2D eigenvalue weighted by atomic mass is 9.67. The average Bonchev–Trinajstić information content (AvgIpc) is 3.35. The van der Waals surface area contributed by atoms with E-state index in [1.165, 1.54) is 0 Å². The highest BCUT2D eigenvalue weighted by Gasteiger charge is 2.47. The molecule has 0 spiro atoms. The minimum absolute atomic E-state index is 0.195. The van der Waals surface area contributed by atoms with Gasteiger partial charge in [0.2, 0.25) is 0 Å². The van der Waals surface area contributed by atoms with Crippen LogP contribution in [0.15, 0.2) is 154 Å². The number of phenolic OH excluding ortho intramolecular Hbond substituents is 4. The Morgan fingerprint density at radius 2 is 0.795 bits per heavy atom. The second-order valence-corrected chi connectivity index (χ2v) is 12.4. The van der Waals surface area contributed by atoms with Crippen LogP contribution >= 0.6 is 0 Å². The summed E-state index contributed by atoms with van der Waals surface area (Å²) in [6.07, 6.45) is 0. The van der Waals surface area contributed by atoms with E-state index in [1.54, 1.807) is 48.5 Å². The second-order valence-electron chi connectivity index (χ2n) is 10.4. The number of hydrogen-bond donors (Lipinski definition) is 5. The van der Waals surface area contributed by atoms with E-state index in [9.17, 15) is 20.4 Å². The van der Waals surface area contributed by atoms with Crippen molar-refractivity contribution in [3.8, 4) is 34.1 Å². The van der Waals surface area contributed by atoms with Crippen LogP contribution in [-0.2, 0) is 16.3 Å². The van der Waals surface area contributed by atoms with Gasteiger partial charge < -0.3 is 25.5 Å². The van der Waals surface area contributed by atoms with Crippen molar-refractivity contribution in [3.63, 3.8) is 0 Å². The summed E-state index contributed by atoms with van der Waals surface area (Å²) < 4.78 is 0. The first-order valence-corrected chi connectivity index (χ1v) is 15.3. The van der Waals surface area contributed by atoms with Crippen LogP contribution < -0.4 is 0 Å². The number of phenols is 4. The van der Waals surface area contributed by atoms with Crippen LogP contribution in [0, 0.1) is 0 Å². The topological polar surface area (TPSA) is 101 Å². The van der Waals surface area contributed by atoms with Crippen LogP contribution in [0.25, 0.3) is 11.1 Å². The zero-order valence-electron chi connectivity index (χ0n) is 23.9. The Morgan fingerprint density at radius 1 is 0.409 bits per heavy atom. The van der Waals surface area contributed by atoms with Gasteiger partial charge in [0.1, 0.15) is 23.0 Å². The van der Waals surface area contributed by atoms with E-state index in [0.29, 0.717) is 0 Å². The number of aliphatic hydroxyl groups excluding tert-OH is 1. The van der Waals surface area contributed by atoms with Gasteiger partial charge in [-0.25, -0.2) is 0 Å². The van der Waals surface area contributed by atoms with Gasteiger partial charge in [0.25, 0.3) is 0 Å². The summed E-state index contributed by atoms with van der Waals surface area (Å²) in [7, 11) is 0.456. The molecule has 44 heavy (non-hydrogen) atoms. The third-order valence-corrected chi connectivity index (χ3v) is 10.2. The molecule has 7 rings (SSSR count). The van der Waals surface area contributed by atoms with Gasteiger partial charge in [-0.3, -0.25) is 0 Å². The van der Waals surface area contributed by atoms with E-state index >= 15 is 0 Å². The van der Waals surface area contributed by atoms with E-state index in [0.717, 1.165) is 55.2 Å². The maximum Gasteiger partial charge on any atom is 0.166 e. The molecule has 6 heteroatoms. The van der Waals surface area contributed by atoms with Crippen molar-refractivity contribution in [3.05, 3.63) is 162 Å². The third kappa shape index (κ3) is 4.84. The van der Waals surface area contributed by atoms with E-state index in [4.69, 9.17) is 5.11 Å². The highest BCUT2D eigenvalue weighted by molar-refractivity contribution is 7.97. The van der Waals surface area contributed by atoms with Crippen LogP contribution in [0.4, 0.5) is 0 Å². The fourth-order valence-corrected chi connectivity index (χ4v) is 8.24. The highest BCUT2D eigenvalue weighted by atomic mass is 32.2. The fraction of sp³-hybridized carbons (Fsp3) is 0.0526. The summed E-state index contributed by atoms with van der Waals surface area (Å²) in [6.45, 7) is 0. The molecule has 0 atom stereocenters. The molecular formula is C38H31O5S+. The third-order valence-electron chi connectivity index (χ3n) is 8.00. The van der Waals surface area contributed by atoms with Crippen molar-refractivity contribution in [1.29, 1.82) is 0 Å². The van der Waals surface area contributed by atoms with Gasteiger partial charge in [-0.1, -0.05) is 48.5 Å². The quantitative estimate of drug-likeness (QED) is 0.131. The molecule has 0 bridgehead atoms. The standard InChI is InChI=1S/C37H26O4S.CH4O/c38-26-9-5-24(6-10-26)37(25-7-11-27(39)12-8-25)35-4-2-1-3-33(35)34-22-21-32(23-36(34)37)42(30-17-13-28(40)14-18-30)31-19-15-29(41)16-20-31;1-2/h1-23H,(H3-,38,39,40,41);2H,1H3/p+1. The Kier molecular flexibility index (Phi) is 7.78. The Morgan fingerprint density at radius 3 is 1.27 bits per heavy atom. The first-order valence-electron chi connectivity index (χ1n) is 14.1. The molecule has 0 radical (unpaired) electrons. The van der Waals surface area contributed by atoms with E-state index in [2.05, 4.69) is 42.5 Å². The number of benzene rings is 6. The Labute approximate surface area is 259 Å². The molecule has 0 unspecified atom stereocenters. The summed E-state index contributed by atoms with van der Waals surface area (Å²) in [5.41, 5.74) is 5.79. The summed E-state index contributed by atoms with van der Waals surface area (Å²) >= 11 is 0. The molecule has 5 N–H and O–H groups in total. The fourth-order valence-electron chi connectivity index (χ4n) is 6.17. The monoisotopic (exact) mass is 599 g/mol. The van der Waals surface area contributed by atoms with Crippen LogP contribution in [0.3, 0.4) is 0 Å². The number of rotatable bonds is 5. The minimum atomic E-state index is -0.706. The lowest BCUT2D eigenvalue weighted by Gasteiger charge is -2.34. The van der Waals surface area contributed by atoms with Crippen molar-refractivity contribution in [2.45, 2.75) is 20.1 Å². The number of aliphatic hydroxyl groups is 1. The minimum Gasteiger partial charge on any atom is -0.508 e. The molecule has 0 aromatic heterocycles. The zero-order chi connectivity index (χ0) is 30.8. The van der Waals surface area contributed by atoms with Crippen molar-refractivity contribution >= 4 is 10.9 Å². The van der Waals surface area contributed by atoms with Gasteiger partial charge in [-0.05, 0) is 124 Å². The van der Waals surface area contributed by atoms with Crippen LogP contribution in [-0.4, -0.2) is 32.6 Å². The summed E-state index contributed by atoms with van der Waals surface area (Å²) in [5.74, 6) is 0.800. The predicted molar refractivity (Wildman–Crippen MR) is 174 cm³/mol. The molecule has 0 fully saturated rings. The number of fused-ring (bicyclic) bond motifs is 3. The predicted octanol–water partition coefficient (Wildman–Crippen LogP) is 7.58. The zero-order valence-corrected chi connectivity index (χ0v) is 24.7. The average molecular weight is 600 g/mol. The van der Waals surface area contributed by atoms with Crippen LogP contribution in [0.1, 0.15) is 22.3 Å². The van der Waals surface area contributed by atoms with Crippen LogP contribution in [0.2, 0.25) is 0 Å². The van der Waals surface area contributed by atoms with Gasteiger partial charge in [-0.2, -0.15) is 0 Å². The lowest BCUT2D eigenvalue weighted by Crippen LogP contribution is -2.28. The molecule has 0 amide bonds. The number of aromatic hydroxyl groups is 4. The number of hydrogen-bond acceptors (Lipinski definition) is 5. The lowest BCUT2D eigenvalue weighted by molar-refractivity contribution is 0.399. The smallest absolute Gasteiger partial charge is 0.166 e. The van der Waals surface area contributed by atoms with E-state index in [-0.39, 0.29) is 23.0 Å². The molecule has 5 nitrogen and oxygen atoms in total. The summed E-state index contributed by atoms with van der Waals surface area (Å²) in [4.78, 5) is 3.16. The highest BCUT2D eigenvalue weighted by Crippen LogP contribution is 2.57. The molecule has 0 heterocycles. The normalized spacial score (nSPS) is 12.6. The van der Waals surface area contributed by atoms with Gasteiger partial charge in [0.05, 0.1) is 16.3 Å². The van der Waals surface area contributed by atoms with E-state index < -0.39 is 16.3 Å². The van der Waals surface area contributed by atoms with Crippen molar-refractivity contribution in [2.24, 2.45) is 0 Å². The Balaban J connectivity index is 0.00000168. The van der Waals surface area contributed by atoms with Gasteiger partial charge in [0.15, 0.2) is 14.7 Å². The van der Waals surface area contributed by atoms with Crippen LogP contribution in [0.5, 0.6) is 23.0 Å². The Bertz CT molecular complexity index is 1810. The molecule has 6 aromatic rings. The Hall–Kier alpha value is -5.17. The van der Waals surface area contributed by atoms with Gasteiger partial charge in [-0.15, -0.1) is 0 Å². The molecule has 6 aromatic carbocycles. The van der Waals surface area contributed by atoms with Crippen molar-refractivity contribution < 1.29 is 25.5 Å². The van der Waals surface area contributed by atoms with Gasteiger partial charge in [0, 0.05) is 7.11 Å². The first-order chi connectivity index (χ1) is 21.4. The van der Waals surface area contributed by atoms with Crippen molar-refractivity contribution in [1.82, 2.24) is 0 Å². The molecule has 1 aliphatic rings. The molecule has 1 aliphatic carbocycles. The molecule has 0 aliphatic heterocycles. The maximum absolute atomic E-state index is 10.2.